The average molecular weight is 373 g/mol. The summed E-state index contributed by atoms with van der Waals surface area (Å²) < 4.78 is 0. The Morgan fingerprint density at radius 2 is 2.00 bits per heavy atom. The lowest BCUT2D eigenvalue weighted by Gasteiger charge is -2.09. The van der Waals surface area contributed by atoms with E-state index in [2.05, 4.69) is 37.7 Å². The number of aromatic carboxylic acids is 1. The van der Waals surface area contributed by atoms with Gasteiger partial charge in [0.1, 0.15) is 5.82 Å². The third-order valence-electron chi connectivity index (χ3n) is 4.39. The number of aromatic amines is 1. The van der Waals surface area contributed by atoms with Crippen molar-refractivity contribution >= 4 is 34.3 Å². The Hall–Kier alpha value is -3.87. The molecule has 2 aromatic heterocycles. The van der Waals surface area contributed by atoms with Crippen LogP contribution in [-0.2, 0) is 6.42 Å². The molecule has 140 valence electrons. The molecular weight excluding hydrogens is 354 g/mol. The predicted molar refractivity (Wildman–Crippen MR) is 109 cm³/mol. The second-order valence-electron chi connectivity index (χ2n) is 6.31. The molecule has 2 aromatic carbocycles. The number of aromatic nitrogens is 3. The molecule has 0 aliphatic carbocycles. The van der Waals surface area contributed by atoms with E-state index in [1.165, 1.54) is 10.9 Å². The molecule has 0 saturated heterocycles. The van der Waals surface area contributed by atoms with Crippen molar-refractivity contribution in [2.24, 2.45) is 0 Å². The molecular formula is C21H19N5O2. The number of hydrogen-bond acceptors (Lipinski definition) is 5. The summed E-state index contributed by atoms with van der Waals surface area (Å²) in [5.41, 5.74) is 3.24. The number of anilines is 3. The Balaban J connectivity index is 1.40. The Bertz CT molecular complexity index is 1120. The maximum Gasteiger partial charge on any atom is 0.335 e. The normalized spacial score (nSPS) is 10.7. The molecule has 0 aliphatic heterocycles. The number of carboxylic acid groups (broad SMARTS) is 1. The lowest BCUT2D eigenvalue weighted by molar-refractivity contribution is 0.0697. The molecule has 4 N–H and O–H groups in total. The summed E-state index contributed by atoms with van der Waals surface area (Å²) in [5, 5.41) is 16.7. The fraction of sp³-hybridized carbons (Fsp3) is 0.0952. The third-order valence-corrected chi connectivity index (χ3v) is 4.39. The number of H-pyrrole nitrogens is 1. The van der Waals surface area contributed by atoms with Crippen LogP contribution in [0.2, 0.25) is 0 Å². The maximum atomic E-state index is 11.1. The molecule has 0 unspecified atom stereocenters. The number of nitrogens with one attached hydrogen (secondary N) is 3. The van der Waals surface area contributed by atoms with Gasteiger partial charge >= 0.3 is 5.97 Å². The SMILES string of the molecule is O=C(O)c1cccc(Nc2ccnc(NCCc3c[nH]c4ccccc34)n2)c1. The number of benzene rings is 2. The van der Waals surface area contributed by atoms with Crippen LogP contribution in [0, 0.1) is 0 Å². The van der Waals surface area contributed by atoms with E-state index in [0.717, 1.165) is 11.9 Å². The van der Waals surface area contributed by atoms with Gasteiger partial charge in [0, 0.05) is 35.5 Å². The summed E-state index contributed by atoms with van der Waals surface area (Å²) in [6, 6.07) is 16.5. The van der Waals surface area contributed by atoms with Crippen molar-refractivity contribution in [3.05, 3.63) is 78.1 Å². The van der Waals surface area contributed by atoms with Crippen LogP contribution < -0.4 is 10.6 Å². The third kappa shape index (κ3) is 3.93. The summed E-state index contributed by atoms with van der Waals surface area (Å²) in [7, 11) is 0. The first-order valence-electron chi connectivity index (χ1n) is 8.91. The van der Waals surface area contributed by atoms with Gasteiger partial charge in [-0.25, -0.2) is 9.78 Å². The zero-order valence-corrected chi connectivity index (χ0v) is 15.0. The van der Waals surface area contributed by atoms with Crippen molar-refractivity contribution in [1.82, 2.24) is 15.0 Å². The quantitative estimate of drug-likeness (QED) is 0.390. The zero-order chi connectivity index (χ0) is 19.3. The molecule has 4 rings (SSSR count). The van der Waals surface area contributed by atoms with Crippen molar-refractivity contribution in [2.45, 2.75) is 6.42 Å². The molecule has 0 amide bonds. The topological polar surface area (TPSA) is 103 Å². The van der Waals surface area contributed by atoms with Gasteiger partial charge in [0.2, 0.25) is 5.95 Å². The minimum atomic E-state index is -0.967. The Kier molecular flexibility index (Phi) is 4.88. The van der Waals surface area contributed by atoms with Crippen LogP contribution >= 0.6 is 0 Å². The number of carbonyl (C=O) groups is 1. The van der Waals surface area contributed by atoms with Crippen LogP contribution in [0.5, 0.6) is 0 Å². The van der Waals surface area contributed by atoms with Crippen molar-refractivity contribution in [2.75, 3.05) is 17.2 Å². The van der Waals surface area contributed by atoms with Crippen molar-refractivity contribution in [3.8, 4) is 0 Å². The minimum Gasteiger partial charge on any atom is -0.478 e. The molecule has 0 atom stereocenters. The van der Waals surface area contributed by atoms with Gasteiger partial charge in [-0.05, 0) is 42.3 Å². The molecule has 2 heterocycles. The fourth-order valence-corrected chi connectivity index (χ4v) is 3.04. The molecule has 7 nitrogen and oxygen atoms in total. The van der Waals surface area contributed by atoms with Gasteiger partial charge in [-0.2, -0.15) is 4.98 Å². The highest BCUT2D eigenvalue weighted by Gasteiger charge is 2.06. The largest absolute Gasteiger partial charge is 0.478 e. The van der Waals surface area contributed by atoms with E-state index in [4.69, 9.17) is 5.11 Å². The highest BCUT2D eigenvalue weighted by Crippen LogP contribution is 2.19. The monoisotopic (exact) mass is 373 g/mol. The molecule has 7 heteroatoms. The van der Waals surface area contributed by atoms with E-state index in [1.54, 1.807) is 36.5 Å². The molecule has 0 aliphatic rings. The fourth-order valence-electron chi connectivity index (χ4n) is 3.04. The van der Waals surface area contributed by atoms with Crippen LogP contribution in [0.1, 0.15) is 15.9 Å². The lowest BCUT2D eigenvalue weighted by atomic mass is 10.1. The Labute approximate surface area is 161 Å². The summed E-state index contributed by atoms with van der Waals surface area (Å²) in [5.74, 6) is 0.136. The molecule has 0 saturated carbocycles. The van der Waals surface area contributed by atoms with E-state index in [-0.39, 0.29) is 5.56 Å². The second-order valence-corrected chi connectivity index (χ2v) is 6.31. The Morgan fingerprint density at radius 1 is 1.11 bits per heavy atom. The Morgan fingerprint density at radius 3 is 2.89 bits per heavy atom. The predicted octanol–water partition coefficient (Wildman–Crippen LogP) is 4.05. The minimum absolute atomic E-state index is 0.219. The summed E-state index contributed by atoms with van der Waals surface area (Å²) in [4.78, 5) is 23.0. The standard InChI is InChI=1S/C21H19N5O2/c27-20(28)14-4-3-5-16(12-14)25-19-9-11-23-21(26-19)22-10-8-15-13-24-18-7-2-1-6-17(15)18/h1-7,9,11-13,24H,8,10H2,(H,27,28)(H2,22,23,25,26). The van der Waals surface area contributed by atoms with Gasteiger partial charge in [-0.15, -0.1) is 0 Å². The first kappa shape index (κ1) is 17.5. The van der Waals surface area contributed by atoms with Crippen molar-refractivity contribution in [1.29, 1.82) is 0 Å². The summed E-state index contributed by atoms with van der Waals surface area (Å²) in [6.07, 6.45) is 4.52. The second kappa shape index (κ2) is 7.79. The van der Waals surface area contributed by atoms with Gasteiger partial charge in [0.05, 0.1) is 5.56 Å². The molecule has 0 spiro atoms. The molecule has 0 radical (unpaired) electrons. The number of para-hydroxylation sites is 1. The molecule has 0 fully saturated rings. The summed E-state index contributed by atoms with van der Waals surface area (Å²) >= 11 is 0. The number of carboxylic acids is 1. The van der Waals surface area contributed by atoms with Crippen LogP contribution in [0.25, 0.3) is 10.9 Å². The van der Waals surface area contributed by atoms with Gasteiger partial charge in [0.15, 0.2) is 0 Å². The van der Waals surface area contributed by atoms with Gasteiger partial charge in [0.25, 0.3) is 0 Å². The number of nitrogens with zero attached hydrogens (tertiary/aromatic N) is 2. The van der Waals surface area contributed by atoms with Crippen molar-refractivity contribution < 1.29 is 9.90 Å². The van der Waals surface area contributed by atoms with Crippen molar-refractivity contribution in [3.63, 3.8) is 0 Å². The van der Waals surface area contributed by atoms with E-state index >= 15 is 0 Å². The van der Waals surface area contributed by atoms with Gasteiger partial charge in [-0.3, -0.25) is 0 Å². The number of hydrogen-bond donors (Lipinski definition) is 4. The zero-order valence-electron chi connectivity index (χ0n) is 15.0. The number of fused-ring (bicyclic) bond motifs is 1. The highest BCUT2D eigenvalue weighted by molar-refractivity contribution is 5.89. The van der Waals surface area contributed by atoms with Gasteiger partial charge in [-0.1, -0.05) is 24.3 Å². The first-order valence-corrected chi connectivity index (χ1v) is 8.91. The van der Waals surface area contributed by atoms with E-state index in [9.17, 15) is 4.79 Å². The maximum absolute atomic E-state index is 11.1. The van der Waals surface area contributed by atoms with Crippen LogP contribution in [-0.4, -0.2) is 32.6 Å². The average Bonchev–Trinajstić information content (AvgIpc) is 3.12. The smallest absolute Gasteiger partial charge is 0.335 e. The highest BCUT2D eigenvalue weighted by atomic mass is 16.4. The summed E-state index contributed by atoms with van der Waals surface area (Å²) in [6.45, 7) is 0.694. The first-order chi connectivity index (χ1) is 13.7. The molecule has 28 heavy (non-hydrogen) atoms. The lowest BCUT2D eigenvalue weighted by Crippen LogP contribution is -2.08. The van der Waals surface area contributed by atoms with Crippen LogP contribution in [0.3, 0.4) is 0 Å². The van der Waals surface area contributed by atoms with Gasteiger partial charge < -0.3 is 20.7 Å². The molecule has 4 aromatic rings. The van der Waals surface area contributed by atoms with E-state index < -0.39 is 5.97 Å². The molecule has 0 bridgehead atoms. The van der Waals surface area contributed by atoms with Crippen LogP contribution in [0.4, 0.5) is 17.5 Å². The van der Waals surface area contributed by atoms with Crippen LogP contribution in [0.15, 0.2) is 67.0 Å². The number of rotatable bonds is 7. The van der Waals surface area contributed by atoms with E-state index in [1.807, 2.05) is 18.3 Å². The van der Waals surface area contributed by atoms with E-state index in [0.29, 0.717) is 24.0 Å².